The maximum atomic E-state index is 6.01. The lowest BCUT2D eigenvalue weighted by Gasteiger charge is -2.24. The summed E-state index contributed by atoms with van der Waals surface area (Å²) in [4.78, 5) is 14.8. The molecule has 0 radical (unpaired) electrons. The summed E-state index contributed by atoms with van der Waals surface area (Å²) in [5, 5.41) is 3.01. The van der Waals surface area contributed by atoms with E-state index in [4.69, 9.17) is 9.47 Å². The molecule has 2 aliphatic heterocycles. The van der Waals surface area contributed by atoms with Crippen LogP contribution in [0.1, 0.15) is 6.42 Å². The van der Waals surface area contributed by atoms with Crippen molar-refractivity contribution in [2.24, 2.45) is 15.0 Å². The second-order valence-electron chi connectivity index (χ2n) is 4.72. The van der Waals surface area contributed by atoms with Crippen molar-refractivity contribution in [1.82, 2.24) is 10.2 Å². The molecule has 2 aliphatic rings. The first kappa shape index (κ1) is 15.4. The zero-order valence-electron chi connectivity index (χ0n) is 11.9. The van der Waals surface area contributed by atoms with Gasteiger partial charge < -0.3 is 19.7 Å². The van der Waals surface area contributed by atoms with Crippen molar-refractivity contribution in [3.8, 4) is 0 Å². The Morgan fingerprint density at radius 3 is 3.20 bits per heavy atom. The number of aliphatic imine (C=N–C) groups is 3. The van der Waals surface area contributed by atoms with Gasteiger partial charge in [-0.05, 0) is 0 Å². The number of hydrogen-bond acceptors (Lipinski definition) is 6. The van der Waals surface area contributed by atoms with Crippen molar-refractivity contribution in [3.05, 3.63) is 0 Å². The third-order valence-corrected chi connectivity index (χ3v) is 3.99. The van der Waals surface area contributed by atoms with Gasteiger partial charge in [-0.15, -0.1) is 9.24 Å². The summed E-state index contributed by atoms with van der Waals surface area (Å²) in [6.45, 7) is 1.62. The van der Waals surface area contributed by atoms with Crippen LogP contribution in [0.25, 0.3) is 0 Å². The van der Waals surface area contributed by atoms with Crippen LogP contribution in [-0.2, 0) is 9.47 Å². The van der Waals surface area contributed by atoms with Gasteiger partial charge >= 0.3 is 0 Å². The molecule has 112 valence electrons. The predicted molar refractivity (Wildman–Crippen MR) is 83.7 cm³/mol. The van der Waals surface area contributed by atoms with Gasteiger partial charge in [0.25, 0.3) is 0 Å². The molecule has 0 aliphatic carbocycles. The van der Waals surface area contributed by atoms with Gasteiger partial charge in [0.2, 0.25) is 0 Å². The third kappa shape index (κ3) is 3.98. The quantitative estimate of drug-likeness (QED) is 0.741. The number of methoxy groups -OCH3 is 1. The maximum absolute atomic E-state index is 6.01. The molecule has 1 N–H and O–H groups in total. The summed E-state index contributed by atoms with van der Waals surface area (Å²) in [5.74, 6) is 0.792. The minimum Gasteiger partial charge on any atom is -0.382 e. The van der Waals surface area contributed by atoms with Gasteiger partial charge in [-0.1, -0.05) is 0 Å². The number of nitrogens with zero attached hydrogens (tertiary/aromatic N) is 4. The highest BCUT2D eigenvalue weighted by Crippen LogP contribution is 2.28. The number of amidine groups is 1. The SMILES string of the molecule is CN=C1CN=CN(C2CC(P)C(COC)O2)C/N=C\N1. The van der Waals surface area contributed by atoms with Gasteiger partial charge in [-0.3, -0.25) is 15.0 Å². The topological polar surface area (TPSA) is 70.8 Å². The van der Waals surface area contributed by atoms with E-state index in [2.05, 4.69) is 29.5 Å². The zero-order valence-corrected chi connectivity index (χ0v) is 13.1. The molecular weight excluding hydrogens is 277 g/mol. The van der Waals surface area contributed by atoms with Crippen LogP contribution in [0, 0.1) is 0 Å². The Balaban J connectivity index is 1.99. The lowest BCUT2D eigenvalue weighted by Crippen LogP contribution is -2.35. The molecule has 20 heavy (non-hydrogen) atoms. The number of ether oxygens (including phenoxy) is 2. The van der Waals surface area contributed by atoms with Crippen LogP contribution in [-0.4, -0.2) is 75.4 Å². The molecule has 0 amide bonds. The molecule has 0 aromatic rings. The molecule has 1 saturated heterocycles. The highest BCUT2D eigenvalue weighted by Gasteiger charge is 2.35. The van der Waals surface area contributed by atoms with Crippen molar-refractivity contribution in [2.75, 3.05) is 34.0 Å². The van der Waals surface area contributed by atoms with Crippen LogP contribution < -0.4 is 5.32 Å². The fourth-order valence-electron chi connectivity index (χ4n) is 2.15. The third-order valence-electron chi connectivity index (χ3n) is 3.29. The van der Waals surface area contributed by atoms with E-state index < -0.39 is 0 Å². The van der Waals surface area contributed by atoms with E-state index in [0.29, 0.717) is 25.5 Å². The Morgan fingerprint density at radius 1 is 1.60 bits per heavy atom. The van der Waals surface area contributed by atoms with E-state index in [1.807, 2.05) is 4.90 Å². The molecule has 8 heteroatoms. The Hall–Kier alpha value is -1.04. The van der Waals surface area contributed by atoms with Gasteiger partial charge in [0, 0.05) is 26.2 Å². The summed E-state index contributed by atoms with van der Waals surface area (Å²) >= 11 is 0. The molecule has 0 aromatic carbocycles. The monoisotopic (exact) mass is 299 g/mol. The maximum Gasteiger partial charge on any atom is 0.133 e. The molecular formula is C12H22N5O2P. The molecule has 0 saturated carbocycles. The summed E-state index contributed by atoms with van der Waals surface area (Å²) in [6, 6.07) is 0. The normalized spacial score (nSPS) is 34.5. The van der Waals surface area contributed by atoms with Crippen molar-refractivity contribution in [1.29, 1.82) is 0 Å². The first-order valence-electron chi connectivity index (χ1n) is 6.60. The average molecular weight is 299 g/mol. The standard InChI is InChI=1S/C12H22N5O2P/c1-13-11-4-14-7-17(8-15-6-16-11)12-3-10(20)9(19-12)5-18-2/h6-7,9-10,12H,3-5,8,20H2,1-2H3,(H,13,15,16). The van der Waals surface area contributed by atoms with Crippen LogP contribution in [0.3, 0.4) is 0 Å². The van der Waals surface area contributed by atoms with Gasteiger partial charge in [-0.25, -0.2) is 0 Å². The average Bonchev–Trinajstić information content (AvgIpc) is 2.85. The molecule has 2 rings (SSSR count). The Labute approximate surface area is 121 Å². The van der Waals surface area contributed by atoms with Crippen LogP contribution in [0.2, 0.25) is 0 Å². The molecule has 1 fully saturated rings. The molecule has 4 unspecified atom stereocenters. The highest BCUT2D eigenvalue weighted by molar-refractivity contribution is 7.17. The second-order valence-corrected chi connectivity index (χ2v) is 5.58. The summed E-state index contributed by atoms with van der Waals surface area (Å²) in [6.07, 6.45) is 4.46. The fraction of sp³-hybridized carbons (Fsp3) is 0.750. The van der Waals surface area contributed by atoms with E-state index in [-0.39, 0.29) is 12.3 Å². The van der Waals surface area contributed by atoms with E-state index in [0.717, 1.165) is 12.3 Å². The first-order valence-corrected chi connectivity index (χ1v) is 7.27. The Kier molecular flexibility index (Phi) is 5.88. The summed E-state index contributed by atoms with van der Waals surface area (Å²) < 4.78 is 11.2. The van der Waals surface area contributed by atoms with E-state index in [1.165, 1.54) is 0 Å². The number of nitrogens with one attached hydrogen (secondary N) is 1. The van der Waals surface area contributed by atoms with Gasteiger partial charge in [0.1, 0.15) is 18.7 Å². The van der Waals surface area contributed by atoms with Gasteiger partial charge in [0.05, 0.1) is 31.9 Å². The van der Waals surface area contributed by atoms with Crippen molar-refractivity contribution in [2.45, 2.75) is 24.4 Å². The molecule has 4 atom stereocenters. The second kappa shape index (κ2) is 7.67. The minimum absolute atomic E-state index is 0.0151. The molecule has 0 bridgehead atoms. The summed E-state index contributed by atoms with van der Waals surface area (Å²) in [7, 11) is 6.25. The van der Waals surface area contributed by atoms with Crippen LogP contribution in [0.5, 0.6) is 0 Å². The smallest absolute Gasteiger partial charge is 0.133 e. The van der Waals surface area contributed by atoms with Crippen LogP contribution in [0.4, 0.5) is 0 Å². The van der Waals surface area contributed by atoms with Crippen LogP contribution >= 0.6 is 9.24 Å². The highest BCUT2D eigenvalue weighted by atomic mass is 31.0. The largest absolute Gasteiger partial charge is 0.382 e. The Morgan fingerprint density at radius 2 is 2.45 bits per heavy atom. The zero-order chi connectivity index (χ0) is 14.4. The fourth-order valence-corrected chi connectivity index (χ4v) is 2.59. The first-order chi connectivity index (χ1) is 9.74. The van der Waals surface area contributed by atoms with Gasteiger partial charge in [0.15, 0.2) is 0 Å². The van der Waals surface area contributed by atoms with Crippen LogP contribution in [0.15, 0.2) is 15.0 Å². The molecule has 7 nitrogen and oxygen atoms in total. The molecule has 2 heterocycles. The predicted octanol–water partition coefficient (Wildman–Crippen LogP) is -0.0609. The Bertz CT molecular complexity index is 401. The lowest BCUT2D eigenvalue weighted by molar-refractivity contribution is -0.0460. The number of rotatable bonds is 3. The summed E-state index contributed by atoms with van der Waals surface area (Å²) in [5.41, 5.74) is 0.385. The van der Waals surface area contributed by atoms with Crippen molar-refractivity contribution >= 4 is 27.8 Å². The molecule has 0 spiro atoms. The van der Waals surface area contributed by atoms with Crippen molar-refractivity contribution in [3.63, 3.8) is 0 Å². The lowest BCUT2D eigenvalue weighted by atomic mass is 10.2. The minimum atomic E-state index is -0.0151. The van der Waals surface area contributed by atoms with E-state index in [9.17, 15) is 0 Å². The number of hydrogen-bond donors (Lipinski definition) is 1. The van der Waals surface area contributed by atoms with E-state index in [1.54, 1.807) is 26.8 Å². The van der Waals surface area contributed by atoms with Crippen molar-refractivity contribution < 1.29 is 9.47 Å². The van der Waals surface area contributed by atoms with E-state index >= 15 is 0 Å². The van der Waals surface area contributed by atoms with Gasteiger partial charge in [-0.2, -0.15) is 0 Å². The molecule has 0 aromatic heterocycles.